The van der Waals surface area contributed by atoms with Crippen molar-refractivity contribution < 1.29 is 14.7 Å². The van der Waals surface area contributed by atoms with Crippen molar-refractivity contribution >= 4 is 36.3 Å². The number of aliphatic carboxylic acids is 1. The van der Waals surface area contributed by atoms with Gasteiger partial charge in [0.15, 0.2) is 4.87 Å². The Hall–Kier alpha value is -1.18. The van der Waals surface area contributed by atoms with Crippen LogP contribution in [0, 0.1) is 0 Å². The number of carboxylic acid groups (broad SMARTS) is 1. The first-order valence-corrected chi connectivity index (χ1v) is 8.97. The van der Waals surface area contributed by atoms with E-state index in [2.05, 4.69) is 12.6 Å². The van der Waals surface area contributed by atoms with Gasteiger partial charge in [-0.1, -0.05) is 30.3 Å². The number of carboxylic acids is 1. The van der Waals surface area contributed by atoms with Crippen LogP contribution in [0.1, 0.15) is 25.3 Å². The Kier molecular flexibility index (Phi) is 7.94. The van der Waals surface area contributed by atoms with E-state index in [1.807, 2.05) is 30.3 Å². The van der Waals surface area contributed by atoms with Crippen LogP contribution >= 0.6 is 24.4 Å². The molecule has 1 aromatic rings. The molecule has 0 aliphatic heterocycles. The Morgan fingerprint density at radius 2 is 1.87 bits per heavy atom. The summed E-state index contributed by atoms with van der Waals surface area (Å²) in [4.78, 5) is 23.0. The first-order chi connectivity index (χ1) is 10.8. The number of thiol groups is 1. The van der Waals surface area contributed by atoms with E-state index < -0.39 is 10.8 Å². The normalized spacial score (nSPS) is 13.6. The summed E-state index contributed by atoms with van der Waals surface area (Å²) >= 11 is 5.34. The third kappa shape index (κ3) is 5.44. The molecule has 1 atom stereocenters. The number of carbonyl (C=O) groups excluding carboxylic acids is 1. The van der Waals surface area contributed by atoms with Gasteiger partial charge in [0.25, 0.3) is 0 Å². The molecule has 0 saturated carbocycles. The Labute approximate surface area is 147 Å². The zero-order valence-corrected chi connectivity index (χ0v) is 15.4. The lowest BCUT2D eigenvalue weighted by Crippen LogP contribution is -2.58. The molecule has 1 amide bonds. The number of hydrogen-bond donors (Lipinski definition) is 2. The summed E-state index contributed by atoms with van der Waals surface area (Å²) < 4.78 is 0. The van der Waals surface area contributed by atoms with Crippen LogP contribution in [-0.2, 0) is 15.3 Å². The molecule has 0 aliphatic carbocycles. The third-order valence-corrected chi connectivity index (χ3v) is 5.05. The van der Waals surface area contributed by atoms with Gasteiger partial charge in [-0.3, -0.25) is 4.79 Å². The number of amides is 1. The number of nitrogens with zero attached hydrogens (tertiary/aromatic N) is 2. The minimum atomic E-state index is -1.37. The molecule has 23 heavy (non-hydrogen) atoms. The van der Waals surface area contributed by atoms with Gasteiger partial charge in [-0.25, -0.2) is 14.8 Å². The molecule has 0 bridgehead atoms. The highest BCUT2D eigenvalue weighted by Crippen LogP contribution is 2.34. The van der Waals surface area contributed by atoms with Gasteiger partial charge in [-0.2, -0.15) is 12.6 Å². The van der Waals surface area contributed by atoms with Crippen LogP contribution in [-0.4, -0.2) is 51.7 Å². The van der Waals surface area contributed by atoms with E-state index in [0.717, 1.165) is 5.56 Å². The summed E-state index contributed by atoms with van der Waals surface area (Å²) in [5, 5.41) is 12.6. The lowest BCUT2D eigenvalue weighted by Gasteiger charge is -2.41. The summed E-state index contributed by atoms with van der Waals surface area (Å²) in [5.41, 5.74) is 1.02. The van der Waals surface area contributed by atoms with Crippen LogP contribution in [0.5, 0.6) is 0 Å². The molecule has 1 N–H and O–H groups in total. The van der Waals surface area contributed by atoms with Gasteiger partial charge < -0.3 is 5.11 Å². The topological polar surface area (TPSA) is 60.9 Å². The van der Waals surface area contributed by atoms with Crippen LogP contribution in [0.15, 0.2) is 30.3 Å². The average molecular weight is 357 g/mol. The van der Waals surface area contributed by atoms with E-state index in [9.17, 15) is 14.7 Å². The van der Waals surface area contributed by atoms with Crippen LogP contribution in [0.25, 0.3) is 0 Å². The van der Waals surface area contributed by atoms with E-state index in [1.54, 1.807) is 26.0 Å². The summed E-state index contributed by atoms with van der Waals surface area (Å²) in [6.07, 6.45) is 0.891. The van der Waals surface area contributed by atoms with E-state index in [4.69, 9.17) is 0 Å². The third-order valence-electron chi connectivity index (χ3n) is 3.35. The van der Waals surface area contributed by atoms with Crippen molar-refractivity contribution in [2.75, 3.05) is 19.8 Å². The minimum absolute atomic E-state index is 0.213. The molecule has 0 aromatic heterocycles. The Bertz CT molecular complexity index is 525. The molecule has 1 rings (SSSR count). The van der Waals surface area contributed by atoms with Crippen LogP contribution < -0.4 is 0 Å². The number of hydrazine groups is 1. The van der Waals surface area contributed by atoms with Crippen molar-refractivity contribution in [3.8, 4) is 0 Å². The Morgan fingerprint density at radius 3 is 2.35 bits per heavy atom. The molecule has 0 fully saturated rings. The molecule has 0 aliphatic rings. The first kappa shape index (κ1) is 19.9. The number of rotatable bonds is 9. The molecule has 0 heterocycles. The fourth-order valence-electron chi connectivity index (χ4n) is 2.19. The molecule has 5 nitrogen and oxygen atoms in total. The highest BCUT2D eigenvalue weighted by Gasteiger charge is 2.44. The van der Waals surface area contributed by atoms with Crippen molar-refractivity contribution in [1.82, 2.24) is 10.0 Å². The van der Waals surface area contributed by atoms with Gasteiger partial charge in [0.2, 0.25) is 5.91 Å². The molecule has 128 valence electrons. The molecule has 0 radical (unpaired) electrons. The second-order valence-corrected chi connectivity index (χ2v) is 7.26. The predicted octanol–water partition coefficient (Wildman–Crippen LogP) is 2.74. The van der Waals surface area contributed by atoms with Gasteiger partial charge in [-0.05, 0) is 24.7 Å². The van der Waals surface area contributed by atoms with E-state index in [1.165, 1.54) is 16.8 Å². The van der Waals surface area contributed by atoms with Crippen LogP contribution in [0.4, 0.5) is 0 Å². The fraction of sp³-hybridized carbons (Fsp3) is 0.500. The maximum absolute atomic E-state index is 12.5. The standard InChI is InChI=1S/C16H24N2O3S2/c1-16(15(20)21,23-12-13-8-5-4-6-9-13)18(17(2)3)14(19)10-7-11-22/h4-6,8-9,22H,7,10-12H2,1-3H3,(H,20,21). The second-order valence-electron chi connectivity index (χ2n) is 5.44. The summed E-state index contributed by atoms with van der Waals surface area (Å²) in [6, 6.07) is 9.62. The zero-order chi connectivity index (χ0) is 17.5. The number of hydrogen-bond acceptors (Lipinski definition) is 5. The van der Waals surface area contributed by atoms with Crippen molar-refractivity contribution in [3.63, 3.8) is 0 Å². The SMILES string of the molecule is CN(C)N(C(=O)CCCS)C(C)(SCc1ccccc1)C(=O)O. The van der Waals surface area contributed by atoms with E-state index >= 15 is 0 Å². The Morgan fingerprint density at radius 1 is 1.26 bits per heavy atom. The number of carbonyl (C=O) groups is 2. The van der Waals surface area contributed by atoms with Crippen LogP contribution in [0.3, 0.4) is 0 Å². The largest absolute Gasteiger partial charge is 0.479 e. The molecule has 0 spiro atoms. The van der Waals surface area contributed by atoms with Crippen molar-refractivity contribution in [2.45, 2.75) is 30.4 Å². The summed E-state index contributed by atoms with van der Waals surface area (Å²) in [6.45, 7) is 1.57. The van der Waals surface area contributed by atoms with Gasteiger partial charge in [-0.15, -0.1) is 11.8 Å². The number of benzene rings is 1. The zero-order valence-electron chi connectivity index (χ0n) is 13.7. The molecule has 0 saturated heterocycles. The van der Waals surface area contributed by atoms with E-state index in [-0.39, 0.29) is 12.3 Å². The predicted molar refractivity (Wildman–Crippen MR) is 97.4 cm³/mol. The van der Waals surface area contributed by atoms with Gasteiger partial charge in [0.1, 0.15) is 0 Å². The molecule has 1 aromatic carbocycles. The summed E-state index contributed by atoms with van der Waals surface area (Å²) in [7, 11) is 3.37. The monoisotopic (exact) mass is 356 g/mol. The summed E-state index contributed by atoms with van der Waals surface area (Å²) in [5.74, 6) is -0.150. The minimum Gasteiger partial charge on any atom is -0.479 e. The molecule has 7 heteroatoms. The highest BCUT2D eigenvalue weighted by molar-refractivity contribution is 8.00. The lowest BCUT2D eigenvalue weighted by molar-refractivity contribution is -0.166. The van der Waals surface area contributed by atoms with Gasteiger partial charge in [0.05, 0.1) is 0 Å². The molecular weight excluding hydrogens is 332 g/mol. The first-order valence-electron chi connectivity index (χ1n) is 7.35. The van der Waals surface area contributed by atoms with E-state index in [0.29, 0.717) is 17.9 Å². The second kappa shape index (κ2) is 9.20. The fourth-order valence-corrected chi connectivity index (χ4v) is 3.50. The van der Waals surface area contributed by atoms with Crippen molar-refractivity contribution in [2.24, 2.45) is 0 Å². The van der Waals surface area contributed by atoms with Gasteiger partial charge >= 0.3 is 5.97 Å². The Balaban J connectivity index is 2.98. The average Bonchev–Trinajstić information content (AvgIpc) is 2.51. The smallest absolute Gasteiger partial charge is 0.341 e. The van der Waals surface area contributed by atoms with Crippen molar-refractivity contribution in [3.05, 3.63) is 35.9 Å². The van der Waals surface area contributed by atoms with Crippen LogP contribution in [0.2, 0.25) is 0 Å². The molecule has 1 unspecified atom stereocenters. The quantitative estimate of drug-likeness (QED) is 0.405. The lowest BCUT2D eigenvalue weighted by atomic mass is 10.2. The maximum atomic E-state index is 12.5. The van der Waals surface area contributed by atoms with Gasteiger partial charge in [0, 0.05) is 26.3 Å². The highest BCUT2D eigenvalue weighted by atomic mass is 32.2. The molecular formula is C16H24N2O3S2. The maximum Gasteiger partial charge on any atom is 0.341 e. The number of thioether (sulfide) groups is 1. The van der Waals surface area contributed by atoms with Crippen molar-refractivity contribution in [1.29, 1.82) is 0 Å².